The Bertz CT molecular complexity index is 1100. The van der Waals surface area contributed by atoms with E-state index in [1.807, 2.05) is 48.5 Å². The van der Waals surface area contributed by atoms with Gasteiger partial charge in [-0.25, -0.2) is 4.90 Å². The third-order valence-electron chi connectivity index (χ3n) is 7.25. The topological polar surface area (TPSA) is 37.4 Å². The fraction of sp³-hybridized carbons (Fsp3) is 0.280. The van der Waals surface area contributed by atoms with Crippen LogP contribution in [0.25, 0.3) is 10.8 Å². The first kappa shape index (κ1) is 16.1. The van der Waals surface area contributed by atoms with E-state index in [4.69, 9.17) is 0 Å². The molecule has 3 heteroatoms. The Balaban J connectivity index is 1.41. The summed E-state index contributed by atoms with van der Waals surface area (Å²) < 4.78 is 0. The van der Waals surface area contributed by atoms with Crippen LogP contribution in [0.3, 0.4) is 0 Å². The normalized spacial score (nSPS) is 31.0. The highest BCUT2D eigenvalue weighted by Gasteiger charge is 2.64. The molecular formula is C25H21NO2. The number of hydrogen-bond donors (Lipinski definition) is 0. The average Bonchev–Trinajstić information content (AvgIpc) is 3.40. The van der Waals surface area contributed by atoms with E-state index in [2.05, 4.69) is 24.3 Å². The van der Waals surface area contributed by atoms with Gasteiger partial charge in [0.25, 0.3) is 0 Å². The smallest absolute Gasteiger partial charge is 0.238 e. The first-order valence-corrected chi connectivity index (χ1v) is 10.1. The van der Waals surface area contributed by atoms with Crippen molar-refractivity contribution in [1.82, 2.24) is 0 Å². The van der Waals surface area contributed by atoms with Gasteiger partial charge in [-0.15, -0.1) is 0 Å². The van der Waals surface area contributed by atoms with Gasteiger partial charge < -0.3 is 0 Å². The molecule has 3 fully saturated rings. The van der Waals surface area contributed by atoms with E-state index in [0.29, 0.717) is 11.8 Å². The molecule has 0 spiro atoms. The maximum absolute atomic E-state index is 13.5. The van der Waals surface area contributed by atoms with E-state index >= 15 is 0 Å². The molecule has 2 aliphatic carbocycles. The summed E-state index contributed by atoms with van der Waals surface area (Å²) in [6.45, 7) is 0. The van der Waals surface area contributed by atoms with Gasteiger partial charge >= 0.3 is 0 Å². The second-order valence-corrected chi connectivity index (χ2v) is 8.47. The van der Waals surface area contributed by atoms with Crippen LogP contribution >= 0.6 is 0 Å². The summed E-state index contributed by atoms with van der Waals surface area (Å²) in [4.78, 5) is 28.4. The SMILES string of the molecule is O=C1[C@H]2[C@H]3C[C@@H]([C@@H]2C(=O)N1c1cccc2ccccc12)[C@H](c1ccccc1)C3. The Kier molecular flexibility index (Phi) is 3.31. The Hall–Kier alpha value is -2.94. The van der Waals surface area contributed by atoms with Gasteiger partial charge in [-0.1, -0.05) is 66.7 Å². The Morgan fingerprint density at radius 2 is 1.43 bits per heavy atom. The highest BCUT2D eigenvalue weighted by Crippen LogP contribution is 2.62. The number of nitrogens with zero attached hydrogens (tertiary/aromatic N) is 1. The summed E-state index contributed by atoms with van der Waals surface area (Å²) in [5.41, 5.74) is 2.07. The van der Waals surface area contributed by atoms with Gasteiger partial charge in [0.15, 0.2) is 0 Å². The van der Waals surface area contributed by atoms with E-state index < -0.39 is 0 Å². The fourth-order valence-electron chi connectivity index (χ4n) is 6.18. The summed E-state index contributed by atoms with van der Waals surface area (Å²) >= 11 is 0. The molecule has 1 heterocycles. The van der Waals surface area contributed by atoms with E-state index in [1.165, 1.54) is 10.5 Å². The zero-order valence-electron chi connectivity index (χ0n) is 15.5. The maximum Gasteiger partial charge on any atom is 0.238 e. The molecule has 0 unspecified atom stereocenters. The van der Waals surface area contributed by atoms with Crippen LogP contribution in [-0.4, -0.2) is 11.8 Å². The molecule has 0 N–H and O–H groups in total. The largest absolute Gasteiger partial charge is 0.274 e. The van der Waals surface area contributed by atoms with Crippen molar-refractivity contribution < 1.29 is 9.59 Å². The Morgan fingerprint density at radius 1 is 0.714 bits per heavy atom. The molecule has 2 saturated carbocycles. The number of carbonyl (C=O) groups excluding carboxylic acids is 2. The third-order valence-corrected chi connectivity index (χ3v) is 7.25. The molecule has 2 amide bonds. The number of benzene rings is 3. The van der Waals surface area contributed by atoms with Crippen molar-refractivity contribution >= 4 is 28.3 Å². The van der Waals surface area contributed by atoms with E-state index in [0.717, 1.165) is 29.3 Å². The molecule has 1 aliphatic heterocycles. The second kappa shape index (κ2) is 5.78. The van der Waals surface area contributed by atoms with Crippen LogP contribution in [0.5, 0.6) is 0 Å². The highest BCUT2D eigenvalue weighted by molar-refractivity contribution is 6.25. The van der Waals surface area contributed by atoms with E-state index in [9.17, 15) is 9.59 Å². The van der Waals surface area contributed by atoms with Gasteiger partial charge in [0.05, 0.1) is 17.5 Å². The lowest BCUT2D eigenvalue weighted by Gasteiger charge is -2.28. The molecule has 2 bridgehead atoms. The first-order valence-electron chi connectivity index (χ1n) is 10.1. The molecule has 3 aliphatic rings. The van der Waals surface area contributed by atoms with Gasteiger partial charge in [0.1, 0.15) is 0 Å². The molecule has 138 valence electrons. The van der Waals surface area contributed by atoms with Crippen molar-refractivity contribution in [2.24, 2.45) is 23.7 Å². The number of carbonyl (C=O) groups is 2. The number of anilines is 1. The molecule has 3 aromatic carbocycles. The zero-order chi connectivity index (χ0) is 18.8. The van der Waals surface area contributed by atoms with Crippen LogP contribution in [0.2, 0.25) is 0 Å². The van der Waals surface area contributed by atoms with Gasteiger partial charge in [0.2, 0.25) is 11.8 Å². The first-order chi connectivity index (χ1) is 13.7. The lowest BCUT2D eigenvalue weighted by Crippen LogP contribution is -2.33. The quantitative estimate of drug-likeness (QED) is 0.612. The monoisotopic (exact) mass is 367 g/mol. The molecule has 1 saturated heterocycles. The van der Waals surface area contributed by atoms with Crippen LogP contribution in [0, 0.1) is 23.7 Å². The van der Waals surface area contributed by atoms with E-state index in [1.54, 1.807) is 0 Å². The zero-order valence-corrected chi connectivity index (χ0v) is 15.5. The summed E-state index contributed by atoms with van der Waals surface area (Å²) in [5, 5.41) is 2.03. The van der Waals surface area contributed by atoms with Crippen LogP contribution in [0.4, 0.5) is 5.69 Å². The summed E-state index contributed by atoms with van der Waals surface area (Å²) in [7, 11) is 0. The van der Waals surface area contributed by atoms with Crippen LogP contribution in [-0.2, 0) is 9.59 Å². The van der Waals surface area contributed by atoms with Crippen molar-refractivity contribution in [3.05, 3.63) is 78.4 Å². The number of hydrogen-bond acceptors (Lipinski definition) is 2. The molecule has 3 nitrogen and oxygen atoms in total. The third kappa shape index (κ3) is 2.05. The molecule has 28 heavy (non-hydrogen) atoms. The minimum absolute atomic E-state index is 0.0134. The van der Waals surface area contributed by atoms with Gasteiger partial charge in [-0.2, -0.15) is 0 Å². The molecule has 5 atom stereocenters. The number of amides is 2. The lowest BCUT2D eigenvalue weighted by atomic mass is 9.73. The minimum Gasteiger partial charge on any atom is -0.274 e. The van der Waals surface area contributed by atoms with Crippen molar-refractivity contribution in [1.29, 1.82) is 0 Å². The highest BCUT2D eigenvalue weighted by atomic mass is 16.2. The van der Waals surface area contributed by atoms with E-state index in [-0.39, 0.29) is 29.6 Å². The standard InChI is InChI=1S/C25H21NO2/c27-24-22-17-13-19(16-7-2-1-3-8-16)20(14-17)23(22)25(28)26(24)21-12-6-10-15-9-4-5-11-18(15)21/h1-12,17,19-20,22-23H,13-14H2/t17-,19+,20-,22+,23+/m1/s1. The molecule has 0 aromatic heterocycles. The fourth-order valence-corrected chi connectivity index (χ4v) is 6.18. The number of fused-ring (bicyclic) bond motifs is 6. The lowest BCUT2D eigenvalue weighted by molar-refractivity contribution is -0.123. The Labute approximate surface area is 164 Å². The van der Waals surface area contributed by atoms with Crippen molar-refractivity contribution in [2.75, 3.05) is 4.90 Å². The predicted molar refractivity (Wildman–Crippen MR) is 109 cm³/mol. The molecule has 3 aromatic rings. The van der Waals surface area contributed by atoms with Gasteiger partial charge in [-0.3, -0.25) is 9.59 Å². The molecular weight excluding hydrogens is 346 g/mol. The molecule has 6 rings (SSSR count). The van der Waals surface area contributed by atoms with Crippen LogP contribution < -0.4 is 4.90 Å². The summed E-state index contributed by atoms with van der Waals surface area (Å²) in [6.07, 6.45) is 2.04. The van der Waals surface area contributed by atoms with Crippen molar-refractivity contribution in [3.8, 4) is 0 Å². The predicted octanol–water partition coefficient (Wildman–Crippen LogP) is 4.77. The van der Waals surface area contributed by atoms with Crippen LogP contribution in [0.15, 0.2) is 72.8 Å². The average molecular weight is 367 g/mol. The van der Waals surface area contributed by atoms with Gasteiger partial charge in [0, 0.05) is 5.39 Å². The summed E-state index contributed by atoms with van der Waals surface area (Å²) in [5.74, 6) is 0.763. The van der Waals surface area contributed by atoms with Crippen molar-refractivity contribution in [3.63, 3.8) is 0 Å². The number of imide groups is 1. The van der Waals surface area contributed by atoms with Crippen LogP contribution in [0.1, 0.15) is 24.3 Å². The van der Waals surface area contributed by atoms with Gasteiger partial charge in [-0.05, 0) is 47.6 Å². The van der Waals surface area contributed by atoms with Crippen molar-refractivity contribution in [2.45, 2.75) is 18.8 Å². The minimum atomic E-state index is -0.157. The Morgan fingerprint density at radius 3 is 2.29 bits per heavy atom. The number of rotatable bonds is 2. The summed E-state index contributed by atoms with van der Waals surface area (Å²) in [6, 6.07) is 24.4. The maximum atomic E-state index is 13.5. The second-order valence-electron chi connectivity index (χ2n) is 8.47. The molecule has 0 radical (unpaired) electrons.